The van der Waals surface area contributed by atoms with Gasteiger partial charge in [0.1, 0.15) is 5.78 Å². The van der Waals surface area contributed by atoms with Crippen molar-refractivity contribution in [2.24, 2.45) is 11.8 Å². The summed E-state index contributed by atoms with van der Waals surface area (Å²) in [5.74, 6) is 0.765. The summed E-state index contributed by atoms with van der Waals surface area (Å²) in [7, 11) is 2.11. The van der Waals surface area contributed by atoms with Crippen LogP contribution < -0.4 is 0 Å². The summed E-state index contributed by atoms with van der Waals surface area (Å²) in [5, 5.41) is 0. The average molecular weight is 283 g/mol. The summed E-state index contributed by atoms with van der Waals surface area (Å²) in [6.45, 7) is 3.61. The Morgan fingerprint density at radius 3 is 2.94 bits per heavy atom. The normalized spacial score (nSPS) is 34.4. The molecule has 3 aliphatic heterocycles. The number of hydrogen-bond acceptors (Lipinski definition) is 3. The molecule has 0 spiro atoms. The zero-order chi connectivity index (χ0) is 11.3. The van der Waals surface area contributed by atoms with Crippen LogP contribution >= 0.6 is 15.9 Å². The second kappa shape index (κ2) is 3.70. The number of carbonyl (C=O) groups is 1. The molecule has 3 nitrogen and oxygen atoms in total. The Morgan fingerprint density at radius 2 is 2.12 bits per heavy atom. The number of nitrogens with zero attached hydrogens (tertiary/aromatic N) is 2. The Balaban J connectivity index is 1.96. The van der Waals surface area contributed by atoms with Crippen LogP contribution in [0.25, 0.3) is 0 Å². The van der Waals surface area contributed by atoms with Crippen molar-refractivity contribution < 1.29 is 4.79 Å². The van der Waals surface area contributed by atoms with Crippen molar-refractivity contribution in [1.82, 2.24) is 9.80 Å². The number of piperidine rings is 2. The minimum absolute atomic E-state index is 0.106. The number of hydrogen-bond donors (Lipinski definition) is 0. The number of carbonyl (C=O) groups excluding carboxylic acids is 1. The van der Waals surface area contributed by atoms with Gasteiger partial charge in [0.25, 0.3) is 0 Å². The molecule has 0 N–H and O–H groups in total. The predicted molar refractivity (Wildman–Crippen MR) is 66.2 cm³/mol. The monoisotopic (exact) mass is 282 g/mol. The number of Topliss-reactive ketones (excluding diaryl/α,β-unsaturated/α-hetero) is 1. The molecule has 3 rings (SSSR count). The molecule has 0 aromatic carbocycles. The predicted octanol–water partition coefficient (Wildman–Crippen LogP) is 1.23. The second-order valence-corrected chi connectivity index (χ2v) is 5.98. The Morgan fingerprint density at radius 1 is 1.31 bits per heavy atom. The summed E-state index contributed by atoms with van der Waals surface area (Å²) in [5.41, 5.74) is 1.22. The smallest absolute Gasteiger partial charge is 0.149 e. The van der Waals surface area contributed by atoms with E-state index in [1.165, 1.54) is 10.2 Å². The number of allylic oxidation sites excluding steroid dienone is 2. The maximum atomic E-state index is 12.2. The van der Waals surface area contributed by atoms with Crippen LogP contribution in [0.15, 0.2) is 22.3 Å². The standard InChI is InChI=1S/C12H15BrN2O/c1-14-4-8-5-15-6-9(13)2-3-11(15)10(7-14)12(8)16/h2-3,8,10H,4-7H2,1H3. The van der Waals surface area contributed by atoms with E-state index in [-0.39, 0.29) is 11.8 Å². The first-order valence-electron chi connectivity index (χ1n) is 5.68. The third-order valence-electron chi connectivity index (χ3n) is 3.71. The average Bonchev–Trinajstić information content (AvgIpc) is 2.21. The molecule has 0 radical (unpaired) electrons. The molecule has 3 aliphatic rings. The molecular weight excluding hydrogens is 268 g/mol. The molecule has 2 atom stereocenters. The van der Waals surface area contributed by atoms with Crippen LogP contribution in [0.5, 0.6) is 0 Å². The number of halogens is 1. The third-order valence-corrected chi connectivity index (χ3v) is 4.23. The van der Waals surface area contributed by atoms with Gasteiger partial charge in [-0.3, -0.25) is 4.79 Å². The topological polar surface area (TPSA) is 23.6 Å². The molecule has 86 valence electrons. The van der Waals surface area contributed by atoms with Gasteiger partial charge >= 0.3 is 0 Å². The van der Waals surface area contributed by atoms with Crippen LogP contribution in [-0.2, 0) is 4.79 Å². The van der Waals surface area contributed by atoms with Gasteiger partial charge in [-0.15, -0.1) is 0 Å². The minimum Gasteiger partial charge on any atom is -0.369 e. The van der Waals surface area contributed by atoms with Crippen LogP contribution in [0.1, 0.15) is 0 Å². The van der Waals surface area contributed by atoms with Gasteiger partial charge in [-0.1, -0.05) is 15.9 Å². The van der Waals surface area contributed by atoms with Gasteiger partial charge in [0.15, 0.2) is 0 Å². The summed E-state index contributed by atoms with van der Waals surface area (Å²) < 4.78 is 1.21. The molecule has 0 amide bonds. The van der Waals surface area contributed by atoms with Gasteiger partial charge in [-0.25, -0.2) is 0 Å². The first kappa shape index (κ1) is 10.5. The van der Waals surface area contributed by atoms with Crippen molar-refractivity contribution in [3.05, 3.63) is 22.3 Å². The van der Waals surface area contributed by atoms with Gasteiger partial charge in [0.05, 0.1) is 5.92 Å². The SMILES string of the molecule is CN1CC2CN3CC(Br)=CC=C3C(C1)C2=O. The van der Waals surface area contributed by atoms with Crippen LogP contribution in [0.2, 0.25) is 0 Å². The highest BCUT2D eigenvalue weighted by molar-refractivity contribution is 9.11. The molecule has 2 fully saturated rings. The van der Waals surface area contributed by atoms with Crippen LogP contribution in [0, 0.1) is 11.8 Å². The number of fused-ring (bicyclic) bond motifs is 4. The molecule has 0 aromatic rings. The molecular formula is C12H15BrN2O. The molecule has 16 heavy (non-hydrogen) atoms. The third kappa shape index (κ3) is 1.55. The summed E-state index contributed by atoms with van der Waals surface area (Å²) in [6, 6.07) is 0. The quantitative estimate of drug-likeness (QED) is 0.668. The maximum Gasteiger partial charge on any atom is 0.149 e. The first-order chi connectivity index (χ1) is 7.65. The van der Waals surface area contributed by atoms with Crippen LogP contribution in [0.4, 0.5) is 0 Å². The van der Waals surface area contributed by atoms with E-state index < -0.39 is 0 Å². The van der Waals surface area contributed by atoms with Gasteiger partial charge in [0.2, 0.25) is 0 Å². The highest BCUT2D eigenvalue weighted by atomic mass is 79.9. The summed E-state index contributed by atoms with van der Waals surface area (Å²) in [4.78, 5) is 16.8. The molecule has 0 aromatic heterocycles. The van der Waals surface area contributed by atoms with E-state index in [1.807, 2.05) is 0 Å². The number of rotatable bonds is 0. The Labute approximate surface area is 104 Å². The molecule has 0 aliphatic carbocycles. The fraction of sp³-hybridized carbons (Fsp3) is 0.583. The summed E-state index contributed by atoms with van der Waals surface area (Å²) >= 11 is 3.54. The van der Waals surface area contributed by atoms with E-state index in [4.69, 9.17) is 0 Å². The lowest BCUT2D eigenvalue weighted by Gasteiger charge is -2.47. The molecule has 0 saturated carbocycles. The fourth-order valence-electron chi connectivity index (χ4n) is 2.99. The zero-order valence-corrected chi connectivity index (χ0v) is 10.9. The summed E-state index contributed by atoms with van der Waals surface area (Å²) in [6.07, 6.45) is 4.18. The lowest BCUT2D eigenvalue weighted by Crippen LogP contribution is -2.56. The fourth-order valence-corrected chi connectivity index (χ4v) is 3.43. The molecule has 2 unspecified atom stereocenters. The van der Waals surface area contributed by atoms with E-state index in [2.05, 4.69) is 44.9 Å². The maximum absolute atomic E-state index is 12.2. The molecule has 2 bridgehead atoms. The van der Waals surface area contributed by atoms with Gasteiger partial charge < -0.3 is 9.80 Å². The van der Waals surface area contributed by atoms with E-state index in [0.717, 1.165) is 26.2 Å². The van der Waals surface area contributed by atoms with Crippen LogP contribution in [0.3, 0.4) is 0 Å². The van der Waals surface area contributed by atoms with E-state index in [1.54, 1.807) is 0 Å². The van der Waals surface area contributed by atoms with Crippen molar-refractivity contribution in [2.45, 2.75) is 0 Å². The number of ketones is 1. The lowest BCUT2D eigenvalue weighted by atomic mass is 9.80. The first-order valence-corrected chi connectivity index (χ1v) is 6.48. The Kier molecular flexibility index (Phi) is 2.44. The molecule has 4 heteroatoms. The largest absolute Gasteiger partial charge is 0.369 e. The van der Waals surface area contributed by atoms with Crippen molar-refractivity contribution in [1.29, 1.82) is 0 Å². The van der Waals surface area contributed by atoms with E-state index in [0.29, 0.717) is 5.78 Å². The van der Waals surface area contributed by atoms with E-state index >= 15 is 0 Å². The lowest BCUT2D eigenvalue weighted by molar-refractivity contribution is -0.133. The van der Waals surface area contributed by atoms with Crippen molar-refractivity contribution in [3.8, 4) is 0 Å². The van der Waals surface area contributed by atoms with Crippen molar-refractivity contribution >= 4 is 21.7 Å². The zero-order valence-electron chi connectivity index (χ0n) is 9.32. The molecule has 3 heterocycles. The Hall–Kier alpha value is -0.610. The number of likely N-dealkylation sites (tertiary alicyclic amines) is 1. The minimum atomic E-state index is 0.106. The second-order valence-electron chi connectivity index (χ2n) is 4.96. The van der Waals surface area contributed by atoms with Gasteiger partial charge in [-0.2, -0.15) is 0 Å². The van der Waals surface area contributed by atoms with E-state index in [9.17, 15) is 4.79 Å². The molecule has 2 saturated heterocycles. The van der Waals surface area contributed by atoms with Crippen molar-refractivity contribution in [2.75, 3.05) is 33.2 Å². The van der Waals surface area contributed by atoms with Crippen LogP contribution in [-0.4, -0.2) is 48.8 Å². The van der Waals surface area contributed by atoms with Gasteiger partial charge in [-0.05, 0) is 19.2 Å². The van der Waals surface area contributed by atoms with Gasteiger partial charge in [0, 0.05) is 42.3 Å². The highest BCUT2D eigenvalue weighted by Gasteiger charge is 2.43. The highest BCUT2D eigenvalue weighted by Crippen LogP contribution is 2.35. The Bertz CT molecular complexity index is 402. The van der Waals surface area contributed by atoms with Crippen molar-refractivity contribution in [3.63, 3.8) is 0 Å².